The Morgan fingerprint density at radius 2 is 2.12 bits per heavy atom. The molecule has 1 heterocycles. The highest BCUT2D eigenvalue weighted by Gasteiger charge is 2.33. The quantitative estimate of drug-likeness (QED) is 0.660. The molecule has 4 heteroatoms. The van der Waals surface area contributed by atoms with Crippen LogP contribution in [0.5, 0.6) is 0 Å². The van der Waals surface area contributed by atoms with E-state index in [0.717, 1.165) is 32.5 Å². The van der Waals surface area contributed by atoms with Crippen molar-refractivity contribution >= 4 is 5.97 Å². The standard InChI is InChI=1S/C12H24N2O2/c1-4-7-11(12(15)16-6-3)14(5-2)10-8-13-9-10/h10-11,13H,4-9H2,1-3H3. The van der Waals surface area contributed by atoms with Crippen molar-refractivity contribution in [2.24, 2.45) is 0 Å². The molecule has 94 valence electrons. The molecule has 16 heavy (non-hydrogen) atoms. The molecular weight excluding hydrogens is 204 g/mol. The molecule has 1 aliphatic heterocycles. The molecule has 0 bridgehead atoms. The minimum atomic E-state index is -0.0573. The van der Waals surface area contributed by atoms with E-state index in [1.54, 1.807) is 0 Å². The largest absolute Gasteiger partial charge is 0.465 e. The number of carbonyl (C=O) groups excluding carboxylic acids is 1. The van der Waals surface area contributed by atoms with Gasteiger partial charge in [-0.1, -0.05) is 20.3 Å². The maximum atomic E-state index is 11.9. The van der Waals surface area contributed by atoms with Gasteiger partial charge < -0.3 is 10.1 Å². The van der Waals surface area contributed by atoms with Crippen LogP contribution in [0.2, 0.25) is 0 Å². The number of rotatable bonds is 7. The first-order valence-electron chi connectivity index (χ1n) is 6.37. The van der Waals surface area contributed by atoms with Crippen LogP contribution in [0.1, 0.15) is 33.6 Å². The number of carbonyl (C=O) groups is 1. The van der Waals surface area contributed by atoms with Crippen molar-refractivity contribution in [3.05, 3.63) is 0 Å². The Labute approximate surface area is 98.3 Å². The fourth-order valence-electron chi connectivity index (χ4n) is 2.17. The average Bonchev–Trinajstić information content (AvgIpc) is 2.20. The summed E-state index contributed by atoms with van der Waals surface area (Å²) in [6.45, 7) is 9.46. The molecule has 1 rings (SSSR count). The highest BCUT2D eigenvalue weighted by Crippen LogP contribution is 2.15. The van der Waals surface area contributed by atoms with Crippen LogP contribution in [0.3, 0.4) is 0 Å². The highest BCUT2D eigenvalue weighted by molar-refractivity contribution is 5.75. The van der Waals surface area contributed by atoms with E-state index in [2.05, 4.69) is 24.1 Å². The minimum absolute atomic E-state index is 0.0537. The lowest BCUT2D eigenvalue weighted by Gasteiger charge is -2.41. The van der Waals surface area contributed by atoms with Gasteiger partial charge in [-0.25, -0.2) is 0 Å². The molecular formula is C12H24N2O2. The third-order valence-electron chi connectivity index (χ3n) is 3.12. The number of likely N-dealkylation sites (N-methyl/N-ethyl adjacent to an activating group) is 1. The Kier molecular flexibility index (Phi) is 5.77. The number of esters is 1. The number of hydrogen-bond acceptors (Lipinski definition) is 4. The van der Waals surface area contributed by atoms with Crippen molar-refractivity contribution in [1.82, 2.24) is 10.2 Å². The maximum absolute atomic E-state index is 11.9. The molecule has 0 radical (unpaired) electrons. The van der Waals surface area contributed by atoms with Gasteiger partial charge in [0.15, 0.2) is 0 Å². The predicted octanol–water partition coefficient (Wildman–Crippen LogP) is 1.01. The van der Waals surface area contributed by atoms with Gasteiger partial charge in [-0.2, -0.15) is 0 Å². The summed E-state index contributed by atoms with van der Waals surface area (Å²) in [5.41, 5.74) is 0. The second-order valence-electron chi connectivity index (χ2n) is 4.20. The lowest BCUT2D eigenvalue weighted by Crippen LogP contribution is -2.61. The van der Waals surface area contributed by atoms with Gasteiger partial charge in [0.2, 0.25) is 0 Å². The molecule has 0 aliphatic carbocycles. The van der Waals surface area contributed by atoms with Crippen LogP contribution in [0, 0.1) is 0 Å². The van der Waals surface area contributed by atoms with Crippen molar-refractivity contribution in [3.63, 3.8) is 0 Å². The van der Waals surface area contributed by atoms with Crippen LogP contribution in [-0.4, -0.2) is 49.2 Å². The Morgan fingerprint density at radius 1 is 1.44 bits per heavy atom. The van der Waals surface area contributed by atoms with Gasteiger partial charge >= 0.3 is 5.97 Å². The third kappa shape index (κ3) is 3.19. The number of hydrogen-bond donors (Lipinski definition) is 1. The average molecular weight is 228 g/mol. The zero-order chi connectivity index (χ0) is 12.0. The zero-order valence-corrected chi connectivity index (χ0v) is 10.7. The second kappa shape index (κ2) is 6.86. The predicted molar refractivity (Wildman–Crippen MR) is 64.4 cm³/mol. The van der Waals surface area contributed by atoms with Crippen molar-refractivity contribution in [2.75, 3.05) is 26.2 Å². The van der Waals surface area contributed by atoms with E-state index in [1.807, 2.05) is 6.92 Å². The highest BCUT2D eigenvalue weighted by atomic mass is 16.5. The third-order valence-corrected chi connectivity index (χ3v) is 3.12. The Hall–Kier alpha value is -0.610. The van der Waals surface area contributed by atoms with E-state index in [9.17, 15) is 4.79 Å². The summed E-state index contributed by atoms with van der Waals surface area (Å²) < 4.78 is 5.16. The first kappa shape index (κ1) is 13.5. The number of nitrogens with one attached hydrogen (secondary N) is 1. The van der Waals surface area contributed by atoms with E-state index in [0.29, 0.717) is 12.6 Å². The van der Waals surface area contributed by atoms with Gasteiger partial charge in [-0.05, 0) is 19.9 Å². The lowest BCUT2D eigenvalue weighted by atomic mass is 10.0. The lowest BCUT2D eigenvalue weighted by molar-refractivity contribution is -0.151. The molecule has 1 saturated heterocycles. The van der Waals surface area contributed by atoms with Crippen molar-refractivity contribution in [2.45, 2.75) is 45.7 Å². The topological polar surface area (TPSA) is 41.6 Å². The van der Waals surface area contributed by atoms with Crippen LogP contribution in [0.25, 0.3) is 0 Å². The molecule has 0 aromatic carbocycles. The molecule has 0 aromatic rings. The Balaban J connectivity index is 2.60. The van der Waals surface area contributed by atoms with Crippen LogP contribution < -0.4 is 5.32 Å². The van der Waals surface area contributed by atoms with Gasteiger partial charge in [0.05, 0.1) is 6.61 Å². The van der Waals surface area contributed by atoms with Crippen molar-refractivity contribution < 1.29 is 9.53 Å². The summed E-state index contributed by atoms with van der Waals surface area (Å²) >= 11 is 0. The summed E-state index contributed by atoms with van der Waals surface area (Å²) in [4.78, 5) is 14.2. The maximum Gasteiger partial charge on any atom is 0.323 e. The van der Waals surface area contributed by atoms with E-state index in [1.165, 1.54) is 0 Å². The van der Waals surface area contributed by atoms with Gasteiger partial charge in [-0.15, -0.1) is 0 Å². The van der Waals surface area contributed by atoms with Gasteiger partial charge in [0, 0.05) is 19.1 Å². The fourth-order valence-corrected chi connectivity index (χ4v) is 2.17. The summed E-state index contributed by atoms with van der Waals surface area (Å²) in [6.07, 6.45) is 1.91. The molecule has 1 unspecified atom stereocenters. The van der Waals surface area contributed by atoms with Crippen LogP contribution >= 0.6 is 0 Å². The minimum Gasteiger partial charge on any atom is -0.465 e. The van der Waals surface area contributed by atoms with Crippen molar-refractivity contribution in [1.29, 1.82) is 0 Å². The monoisotopic (exact) mass is 228 g/mol. The van der Waals surface area contributed by atoms with Crippen LogP contribution in [0.4, 0.5) is 0 Å². The van der Waals surface area contributed by atoms with E-state index in [-0.39, 0.29) is 12.0 Å². The van der Waals surface area contributed by atoms with Gasteiger partial charge in [0.25, 0.3) is 0 Å². The summed E-state index contributed by atoms with van der Waals surface area (Å²) in [6, 6.07) is 0.452. The van der Waals surface area contributed by atoms with E-state index in [4.69, 9.17) is 4.74 Å². The Morgan fingerprint density at radius 3 is 2.50 bits per heavy atom. The summed E-state index contributed by atoms with van der Waals surface area (Å²) in [7, 11) is 0. The first-order chi connectivity index (χ1) is 7.74. The van der Waals surface area contributed by atoms with Gasteiger partial charge in [0.1, 0.15) is 6.04 Å². The first-order valence-corrected chi connectivity index (χ1v) is 6.37. The molecule has 0 amide bonds. The van der Waals surface area contributed by atoms with Crippen LogP contribution in [-0.2, 0) is 9.53 Å². The molecule has 1 N–H and O–H groups in total. The van der Waals surface area contributed by atoms with Gasteiger partial charge in [-0.3, -0.25) is 9.69 Å². The summed E-state index contributed by atoms with van der Waals surface area (Å²) in [5, 5.41) is 3.25. The molecule has 0 spiro atoms. The Bertz CT molecular complexity index is 217. The van der Waals surface area contributed by atoms with E-state index >= 15 is 0 Å². The number of nitrogens with zero attached hydrogens (tertiary/aromatic N) is 1. The van der Waals surface area contributed by atoms with E-state index < -0.39 is 0 Å². The molecule has 1 atom stereocenters. The molecule has 0 aromatic heterocycles. The van der Waals surface area contributed by atoms with Crippen LogP contribution in [0.15, 0.2) is 0 Å². The normalized spacial score (nSPS) is 18.2. The SMILES string of the molecule is CCCC(C(=O)OCC)N(CC)C1CNC1. The second-order valence-corrected chi connectivity index (χ2v) is 4.20. The summed E-state index contributed by atoms with van der Waals surface area (Å²) in [5.74, 6) is -0.0573. The molecule has 1 aliphatic rings. The molecule has 1 fully saturated rings. The zero-order valence-electron chi connectivity index (χ0n) is 10.7. The molecule has 4 nitrogen and oxygen atoms in total. The smallest absolute Gasteiger partial charge is 0.323 e. The number of ether oxygens (including phenoxy) is 1. The van der Waals surface area contributed by atoms with Crippen molar-refractivity contribution in [3.8, 4) is 0 Å². The fraction of sp³-hybridized carbons (Fsp3) is 0.917. The molecule has 0 saturated carbocycles.